The Bertz CT molecular complexity index is 1060. The summed E-state index contributed by atoms with van der Waals surface area (Å²) in [6.45, 7) is 2.30. The van der Waals surface area contributed by atoms with Crippen molar-refractivity contribution in [1.82, 2.24) is 4.98 Å². The number of amides is 1. The highest BCUT2D eigenvalue weighted by atomic mass is 32.1. The van der Waals surface area contributed by atoms with Crippen LogP contribution in [-0.4, -0.2) is 36.6 Å². The van der Waals surface area contributed by atoms with Gasteiger partial charge in [0.25, 0.3) is 5.91 Å². The summed E-state index contributed by atoms with van der Waals surface area (Å²) in [5.74, 6) is -0.0983. The number of carbonyl (C=O) groups excluding carboxylic acids is 2. The minimum absolute atomic E-state index is 0.176. The van der Waals surface area contributed by atoms with Crippen LogP contribution in [0, 0.1) is 11.3 Å². The van der Waals surface area contributed by atoms with E-state index in [9.17, 15) is 9.59 Å². The van der Waals surface area contributed by atoms with Gasteiger partial charge in [-0.1, -0.05) is 12.1 Å². The maximum absolute atomic E-state index is 12.7. The lowest BCUT2D eigenvalue weighted by molar-refractivity contribution is -0.147. The molecule has 0 radical (unpaired) electrons. The number of anilines is 1. The number of hydrogen-bond acceptors (Lipinski definition) is 7. The van der Waals surface area contributed by atoms with Crippen molar-refractivity contribution >= 4 is 39.1 Å². The van der Waals surface area contributed by atoms with Gasteiger partial charge in [-0.25, -0.2) is 4.98 Å². The van der Waals surface area contributed by atoms with E-state index in [-0.39, 0.29) is 31.9 Å². The van der Waals surface area contributed by atoms with E-state index >= 15 is 0 Å². The Morgan fingerprint density at radius 1 is 1.16 bits per heavy atom. The summed E-state index contributed by atoms with van der Waals surface area (Å²) in [4.78, 5) is 30.8. The minimum Gasteiger partial charge on any atom is -0.494 e. The number of ether oxygens (including phenoxy) is 2. The zero-order chi connectivity index (χ0) is 22.8. The molecule has 1 heterocycles. The van der Waals surface area contributed by atoms with Gasteiger partial charge in [-0.3, -0.25) is 9.59 Å². The first-order chi connectivity index (χ1) is 15.6. The third-order valence-electron chi connectivity index (χ3n) is 4.67. The molecule has 3 rings (SSSR count). The molecule has 2 aromatic carbocycles. The molecular formula is C24H25N3O4S. The second-order valence-corrected chi connectivity index (χ2v) is 8.09. The average molecular weight is 452 g/mol. The molecule has 0 unspecified atom stereocenters. The third kappa shape index (κ3) is 6.53. The van der Waals surface area contributed by atoms with Gasteiger partial charge in [-0.05, 0) is 56.2 Å². The lowest BCUT2D eigenvalue weighted by Crippen LogP contribution is -2.35. The number of thiazole rings is 1. The lowest BCUT2D eigenvalue weighted by Gasteiger charge is -2.22. The van der Waals surface area contributed by atoms with Crippen molar-refractivity contribution in [3.05, 3.63) is 53.5 Å². The highest BCUT2D eigenvalue weighted by Crippen LogP contribution is 2.23. The zero-order valence-corrected chi connectivity index (χ0v) is 18.8. The number of hydrogen-bond donors (Lipinski definition) is 0. The standard InChI is InChI=1S/C24H25N3O4S/c1-2-30-19-13-11-18(12-14-19)27(16-6-15-25)23(28)17-31-24(29)10-5-9-22-26-20-7-3-4-8-21(20)32-22/h3-4,7-8,11-14H,2,5-6,9-10,16-17H2,1H3. The molecule has 3 aromatic rings. The molecule has 0 aliphatic rings. The van der Waals surface area contributed by atoms with E-state index in [0.717, 1.165) is 15.2 Å². The van der Waals surface area contributed by atoms with Crippen LogP contribution in [0.15, 0.2) is 48.5 Å². The molecule has 1 amide bonds. The Morgan fingerprint density at radius 3 is 2.66 bits per heavy atom. The first kappa shape index (κ1) is 23.2. The summed E-state index contributed by atoms with van der Waals surface area (Å²) in [7, 11) is 0. The molecule has 0 N–H and O–H groups in total. The molecule has 32 heavy (non-hydrogen) atoms. The van der Waals surface area contributed by atoms with Crippen molar-refractivity contribution in [3.63, 3.8) is 0 Å². The largest absolute Gasteiger partial charge is 0.494 e. The van der Waals surface area contributed by atoms with Crippen molar-refractivity contribution in [2.75, 3.05) is 24.7 Å². The molecule has 0 atom stereocenters. The Hall–Kier alpha value is -3.44. The van der Waals surface area contributed by atoms with Gasteiger partial charge in [0.2, 0.25) is 0 Å². The van der Waals surface area contributed by atoms with Gasteiger partial charge in [-0.15, -0.1) is 11.3 Å². The van der Waals surface area contributed by atoms with E-state index in [2.05, 4.69) is 4.98 Å². The van der Waals surface area contributed by atoms with Crippen molar-refractivity contribution in [3.8, 4) is 11.8 Å². The van der Waals surface area contributed by atoms with Crippen LogP contribution >= 0.6 is 11.3 Å². The predicted molar refractivity (Wildman–Crippen MR) is 124 cm³/mol. The summed E-state index contributed by atoms with van der Waals surface area (Å²) in [6.07, 6.45) is 1.67. The summed E-state index contributed by atoms with van der Waals surface area (Å²) in [6, 6.07) is 17.0. The van der Waals surface area contributed by atoms with Crippen molar-refractivity contribution in [2.45, 2.75) is 32.6 Å². The van der Waals surface area contributed by atoms with Crippen LogP contribution in [0.2, 0.25) is 0 Å². The van der Waals surface area contributed by atoms with Crippen LogP contribution in [0.4, 0.5) is 5.69 Å². The molecule has 166 valence electrons. The van der Waals surface area contributed by atoms with Crippen LogP contribution < -0.4 is 9.64 Å². The topological polar surface area (TPSA) is 92.5 Å². The SMILES string of the molecule is CCOc1ccc(N(CCC#N)C(=O)COC(=O)CCCc2nc3ccccc3s2)cc1. The summed E-state index contributed by atoms with van der Waals surface area (Å²) < 4.78 is 11.7. The number of nitrogens with zero attached hydrogens (tertiary/aromatic N) is 3. The van der Waals surface area contributed by atoms with Crippen LogP contribution in [0.25, 0.3) is 10.2 Å². The van der Waals surface area contributed by atoms with Crippen molar-refractivity contribution < 1.29 is 19.1 Å². The van der Waals surface area contributed by atoms with Gasteiger partial charge < -0.3 is 14.4 Å². The summed E-state index contributed by atoms with van der Waals surface area (Å²) in [5, 5.41) is 9.90. The molecule has 0 spiro atoms. The normalized spacial score (nSPS) is 10.5. The number of aryl methyl sites for hydroxylation is 1. The highest BCUT2D eigenvalue weighted by molar-refractivity contribution is 7.18. The molecule has 0 fully saturated rings. The second kappa shape index (κ2) is 11.8. The molecule has 1 aromatic heterocycles. The second-order valence-electron chi connectivity index (χ2n) is 6.97. The first-order valence-corrected chi connectivity index (χ1v) is 11.3. The monoisotopic (exact) mass is 451 g/mol. The number of rotatable bonds is 11. The Balaban J connectivity index is 1.48. The fourth-order valence-corrected chi connectivity index (χ4v) is 4.16. The molecule has 7 nitrogen and oxygen atoms in total. The number of para-hydroxylation sites is 1. The number of fused-ring (bicyclic) bond motifs is 1. The van der Waals surface area contributed by atoms with Gasteiger partial charge >= 0.3 is 5.97 Å². The van der Waals surface area contributed by atoms with E-state index < -0.39 is 5.97 Å². The molecule has 0 aliphatic heterocycles. The number of nitriles is 1. The fraction of sp³-hybridized carbons (Fsp3) is 0.333. The molecule has 0 bridgehead atoms. The van der Waals surface area contributed by atoms with Gasteiger partial charge in [0.15, 0.2) is 6.61 Å². The molecule has 0 aliphatic carbocycles. The predicted octanol–water partition coefficient (Wildman–Crippen LogP) is 4.51. The maximum Gasteiger partial charge on any atom is 0.306 e. The molecule has 0 saturated heterocycles. The zero-order valence-electron chi connectivity index (χ0n) is 18.0. The number of aromatic nitrogens is 1. The summed E-state index contributed by atoms with van der Waals surface area (Å²) in [5.41, 5.74) is 1.59. The van der Waals surface area contributed by atoms with E-state index in [4.69, 9.17) is 14.7 Å². The maximum atomic E-state index is 12.7. The quantitative estimate of drug-likeness (QED) is 0.398. The van der Waals surface area contributed by atoms with Crippen LogP contribution in [-0.2, 0) is 20.7 Å². The van der Waals surface area contributed by atoms with E-state index in [1.165, 1.54) is 4.90 Å². The molecule has 8 heteroatoms. The Labute approximate surface area is 191 Å². The minimum atomic E-state index is -0.425. The lowest BCUT2D eigenvalue weighted by atomic mass is 10.2. The van der Waals surface area contributed by atoms with Gasteiger partial charge in [0.1, 0.15) is 5.75 Å². The number of benzene rings is 2. The highest BCUT2D eigenvalue weighted by Gasteiger charge is 2.18. The smallest absolute Gasteiger partial charge is 0.306 e. The Morgan fingerprint density at radius 2 is 1.94 bits per heavy atom. The van der Waals surface area contributed by atoms with E-state index in [1.807, 2.05) is 37.3 Å². The third-order valence-corrected chi connectivity index (χ3v) is 5.77. The van der Waals surface area contributed by atoms with Crippen molar-refractivity contribution in [2.24, 2.45) is 0 Å². The van der Waals surface area contributed by atoms with E-state index in [1.54, 1.807) is 35.6 Å². The fourth-order valence-electron chi connectivity index (χ4n) is 3.15. The molecular weight excluding hydrogens is 426 g/mol. The van der Waals surface area contributed by atoms with Crippen LogP contribution in [0.1, 0.15) is 31.2 Å². The number of carbonyl (C=O) groups is 2. The summed E-state index contributed by atoms with van der Waals surface area (Å²) >= 11 is 1.62. The van der Waals surface area contributed by atoms with Crippen LogP contribution in [0.3, 0.4) is 0 Å². The van der Waals surface area contributed by atoms with Gasteiger partial charge in [0.05, 0.1) is 34.3 Å². The van der Waals surface area contributed by atoms with Gasteiger partial charge in [-0.2, -0.15) is 5.26 Å². The first-order valence-electron chi connectivity index (χ1n) is 10.5. The number of esters is 1. The Kier molecular flexibility index (Phi) is 8.58. The molecule has 0 saturated carbocycles. The van der Waals surface area contributed by atoms with Crippen LogP contribution in [0.5, 0.6) is 5.75 Å². The van der Waals surface area contributed by atoms with Gasteiger partial charge in [0, 0.05) is 18.7 Å². The van der Waals surface area contributed by atoms with Crippen molar-refractivity contribution in [1.29, 1.82) is 5.26 Å². The van der Waals surface area contributed by atoms with E-state index in [0.29, 0.717) is 30.9 Å². The average Bonchev–Trinajstić information content (AvgIpc) is 3.22.